The zero-order valence-corrected chi connectivity index (χ0v) is 7.17. The summed E-state index contributed by atoms with van der Waals surface area (Å²) in [5.41, 5.74) is 0. The lowest BCUT2D eigenvalue weighted by molar-refractivity contribution is 0.475. The molecule has 1 aromatic heterocycles. The van der Waals surface area contributed by atoms with Crippen LogP contribution in [-0.2, 0) is 0 Å². The maximum atomic E-state index is 8.63. The summed E-state index contributed by atoms with van der Waals surface area (Å²) in [5.74, 6) is 0.322. The highest BCUT2D eigenvalue weighted by atomic mass is 27.0. The van der Waals surface area contributed by atoms with E-state index >= 15 is 0 Å². The van der Waals surface area contributed by atoms with Crippen LogP contribution in [0.25, 0.3) is 0 Å². The first-order chi connectivity index (χ1) is 6.39. The average Bonchev–Trinajstić information content (AvgIpc) is 2.22. The minimum absolute atomic E-state index is 0. The van der Waals surface area contributed by atoms with E-state index in [-0.39, 0.29) is 17.4 Å². The Morgan fingerprint density at radius 1 is 0.786 bits per heavy atom. The van der Waals surface area contributed by atoms with Gasteiger partial charge in [-0.1, -0.05) is 24.3 Å². The second kappa shape index (κ2) is 8.31. The quantitative estimate of drug-likeness (QED) is 0.654. The van der Waals surface area contributed by atoms with Crippen LogP contribution in [-0.4, -0.2) is 27.5 Å². The van der Waals surface area contributed by atoms with E-state index in [4.69, 9.17) is 5.11 Å². The molecule has 2 rings (SSSR count). The standard InChI is InChI=1S/C6H6O.C5H5N.Al.3H/c7-6-4-2-1-3-5-6;1-2-4-6-5-3-1;;;;/h1-5,7H;1-5H;;;;. The molecule has 0 aliphatic heterocycles. The van der Waals surface area contributed by atoms with E-state index in [0.717, 1.165) is 0 Å². The summed E-state index contributed by atoms with van der Waals surface area (Å²) in [6, 6.07) is 14.4. The van der Waals surface area contributed by atoms with Gasteiger partial charge in [-0.2, -0.15) is 0 Å². The minimum Gasteiger partial charge on any atom is -0.508 e. The van der Waals surface area contributed by atoms with Gasteiger partial charge in [0.1, 0.15) is 5.75 Å². The lowest BCUT2D eigenvalue weighted by Crippen LogP contribution is -1.58. The Morgan fingerprint density at radius 2 is 1.29 bits per heavy atom. The fourth-order valence-corrected chi connectivity index (χ4v) is 0.741. The first-order valence-corrected chi connectivity index (χ1v) is 3.98. The normalized spacial score (nSPS) is 7.71. The molecule has 0 radical (unpaired) electrons. The number of rotatable bonds is 0. The number of aromatic nitrogens is 1. The van der Waals surface area contributed by atoms with E-state index < -0.39 is 0 Å². The summed E-state index contributed by atoms with van der Waals surface area (Å²) < 4.78 is 0. The molecule has 0 aliphatic rings. The third-order valence-corrected chi connectivity index (χ3v) is 1.32. The van der Waals surface area contributed by atoms with Crippen molar-refractivity contribution in [1.82, 2.24) is 4.98 Å². The molecule has 0 fully saturated rings. The van der Waals surface area contributed by atoms with Crippen molar-refractivity contribution in [3.05, 3.63) is 60.9 Å². The zero-order chi connectivity index (χ0) is 9.36. The van der Waals surface area contributed by atoms with Crippen LogP contribution in [0.2, 0.25) is 0 Å². The van der Waals surface area contributed by atoms with Crippen LogP contribution in [0.15, 0.2) is 60.9 Å². The van der Waals surface area contributed by atoms with Crippen molar-refractivity contribution in [1.29, 1.82) is 0 Å². The number of pyridine rings is 1. The van der Waals surface area contributed by atoms with Crippen molar-refractivity contribution in [2.24, 2.45) is 0 Å². The molecule has 14 heavy (non-hydrogen) atoms. The summed E-state index contributed by atoms with van der Waals surface area (Å²) in [6.07, 6.45) is 3.50. The lowest BCUT2D eigenvalue weighted by Gasteiger charge is -1.82. The third-order valence-electron chi connectivity index (χ3n) is 1.32. The van der Waals surface area contributed by atoms with Crippen molar-refractivity contribution >= 4 is 17.4 Å². The molecular formula is C11H14AlNO. The molecule has 0 spiro atoms. The number of aromatic hydroxyl groups is 1. The molecule has 3 heteroatoms. The second-order valence-corrected chi connectivity index (χ2v) is 2.36. The molecule has 1 aromatic carbocycles. The number of para-hydroxylation sites is 1. The molecule has 0 saturated carbocycles. The van der Waals surface area contributed by atoms with Gasteiger partial charge in [0.15, 0.2) is 17.4 Å². The van der Waals surface area contributed by atoms with Gasteiger partial charge in [-0.3, -0.25) is 4.98 Å². The van der Waals surface area contributed by atoms with Gasteiger partial charge in [-0.25, -0.2) is 0 Å². The minimum atomic E-state index is 0. The third kappa shape index (κ3) is 6.24. The van der Waals surface area contributed by atoms with Crippen LogP contribution >= 0.6 is 0 Å². The molecule has 1 heterocycles. The summed E-state index contributed by atoms with van der Waals surface area (Å²) >= 11 is 0. The van der Waals surface area contributed by atoms with Crippen LogP contribution in [0.4, 0.5) is 0 Å². The largest absolute Gasteiger partial charge is 0.508 e. The highest BCUT2D eigenvalue weighted by molar-refractivity contribution is 5.75. The first kappa shape index (κ1) is 12.7. The van der Waals surface area contributed by atoms with Crippen molar-refractivity contribution in [2.75, 3.05) is 0 Å². The monoisotopic (exact) mass is 203 g/mol. The highest BCUT2D eigenvalue weighted by Crippen LogP contribution is 2.02. The maximum Gasteiger partial charge on any atom is 0.187 e. The van der Waals surface area contributed by atoms with Gasteiger partial charge in [-0.05, 0) is 24.3 Å². The molecule has 0 bridgehead atoms. The Bertz CT molecular complexity index is 286. The average molecular weight is 203 g/mol. The summed E-state index contributed by atoms with van der Waals surface area (Å²) in [7, 11) is 0. The molecule has 0 atom stereocenters. The lowest BCUT2D eigenvalue weighted by atomic mass is 10.3. The Hall–Kier alpha value is -1.30. The van der Waals surface area contributed by atoms with Gasteiger partial charge >= 0.3 is 0 Å². The molecule has 0 unspecified atom stereocenters. The first-order valence-electron chi connectivity index (χ1n) is 3.98. The smallest absolute Gasteiger partial charge is 0.187 e. The summed E-state index contributed by atoms with van der Waals surface area (Å²) in [6.45, 7) is 0. The highest BCUT2D eigenvalue weighted by Gasteiger charge is 1.74. The van der Waals surface area contributed by atoms with Crippen LogP contribution in [0.1, 0.15) is 0 Å². The van der Waals surface area contributed by atoms with Crippen LogP contribution in [0.5, 0.6) is 5.75 Å². The van der Waals surface area contributed by atoms with Crippen LogP contribution < -0.4 is 0 Å². The Morgan fingerprint density at radius 3 is 1.50 bits per heavy atom. The van der Waals surface area contributed by atoms with E-state index in [9.17, 15) is 0 Å². The molecule has 1 N–H and O–H groups in total. The SMILES string of the molecule is Oc1ccccc1.[AlH3].c1ccncc1. The van der Waals surface area contributed by atoms with Crippen LogP contribution in [0, 0.1) is 0 Å². The fourth-order valence-electron chi connectivity index (χ4n) is 0.741. The molecule has 0 aliphatic carbocycles. The van der Waals surface area contributed by atoms with Gasteiger partial charge in [0, 0.05) is 12.4 Å². The molecule has 0 saturated heterocycles. The topological polar surface area (TPSA) is 33.1 Å². The summed E-state index contributed by atoms with van der Waals surface area (Å²) in [5, 5.41) is 8.63. The molecule has 72 valence electrons. The Labute approximate surface area is 94.4 Å². The second-order valence-electron chi connectivity index (χ2n) is 2.36. The number of hydrogen-bond donors (Lipinski definition) is 1. The van der Waals surface area contributed by atoms with E-state index in [1.807, 2.05) is 24.3 Å². The van der Waals surface area contributed by atoms with Crippen molar-refractivity contribution in [3.8, 4) is 5.75 Å². The molecular weight excluding hydrogens is 189 g/mol. The van der Waals surface area contributed by atoms with Gasteiger partial charge in [-0.15, -0.1) is 0 Å². The fraction of sp³-hybridized carbons (Fsp3) is 0. The number of hydrogen-bond acceptors (Lipinski definition) is 2. The van der Waals surface area contributed by atoms with Crippen molar-refractivity contribution in [3.63, 3.8) is 0 Å². The number of benzene rings is 1. The number of nitrogens with zero attached hydrogens (tertiary/aromatic N) is 1. The predicted octanol–water partition coefficient (Wildman–Crippen LogP) is 1.29. The number of phenolic OH excluding ortho intramolecular Hbond substituents is 1. The van der Waals surface area contributed by atoms with E-state index in [2.05, 4.69) is 4.98 Å². The molecule has 2 aromatic rings. The van der Waals surface area contributed by atoms with E-state index in [0.29, 0.717) is 5.75 Å². The van der Waals surface area contributed by atoms with Crippen molar-refractivity contribution < 1.29 is 5.11 Å². The van der Waals surface area contributed by atoms with Gasteiger partial charge in [0.05, 0.1) is 0 Å². The van der Waals surface area contributed by atoms with Gasteiger partial charge in [0.25, 0.3) is 0 Å². The van der Waals surface area contributed by atoms with Crippen LogP contribution in [0.3, 0.4) is 0 Å². The van der Waals surface area contributed by atoms with Crippen molar-refractivity contribution in [2.45, 2.75) is 0 Å². The molecule has 2 nitrogen and oxygen atoms in total. The van der Waals surface area contributed by atoms with E-state index in [1.54, 1.807) is 36.7 Å². The van der Waals surface area contributed by atoms with Gasteiger partial charge < -0.3 is 5.11 Å². The summed E-state index contributed by atoms with van der Waals surface area (Å²) in [4.78, 5) is 3.78. The Kier molecular flexibility index (Phi) is 7.54. The Balaban J connectivity index is 0.000000227. The molecule has 0 amide bonds. The maximum absolute atomic E-state index is 8.63. The predicted molar refractivity (Wildman–Crippen MR) is 62.3 cm³/mol. The van der Waals surface area contributed by atoms with E-state index in [1.165, 1.54) is 0 Å². The zero-order valence-electron chi connectivity index (χ0n) is 7.17. The van der Waals surface area contributed by atoms with Gasteiger partial charge in [0.2, 0.25) is 0 Å². The number of phenols is 1.